The average molecular weight is 225 g/mol. The van der Waals surface area contributed by atoms with Crippen LogP contribution in [0.4, 0.5) is 0 Å². The predicted molar refractivity (Wildman–Crippen MR) is 65.2 cm³/mol. The van der Waals surface area contributed by atoms with E-state index in [1.807, 2.05) is 0 Å². The average Bonchev–Trinajstić information content (AvgIpc) is 2.82. The Labute approximate surface area is 97.6 Å². The largest absolute Gasteiger partial charge is 0.378 e. The molecule has 4 nitrogen and oxygen atoms in total. The van der Waals surface area contributed by atoms with E-state index in [9.17, 15) is 0 Å². The van der Waals surface area contributed by atoms with E-state index in [0.717, 1.165) is 25.3 Å². The highest BCUT2D eigenvalue weighted by Crippen LogP contribution is 2.22. The number of nitrogens with zero attached hydrogens (tertiary/aromatic N) is 1. The van der Waals surface area contributed by atoms with E-state index in [1.54, 1.807) is 0 Å². The molecule has 0 amide bonds. The van der Waals surface area contributed by atoms with Gasteiger partial charge in [0.05, 0.1) is 12.1 Å². The van der Waals surface area contributed by atoms with Crippen molar-refractivity contribution in [2.75, 3.05) is 6.61 Å². The first-order chi connectivity index (χ1) is 7.88. The van der Waals surface area contributed by atoms with Gasteiger partial charge in [-0.25, -0.2) is 5.84 Å². The molecule has 0 radical (unpaired) electrons. The van der Waals surface area contributed by atoms with E-state index in [4.69, 9.17) is 10.6 Å². The van der Waals surface area contributed by atoms with Crippen molar-refractivity contribution in [2.24, 2.45) is 10.8 Å². The van der Waals surface area contributed by atoms with Crippen LogP contribution in [0, 0.1) is 0 Å². The maximum absolute atomic E-state index is 5.70. The molecule has 1 aliphatic heterocycles. The van der Waals surface area contributed by atoms with Crippen LogP contribution >= 0.6 is 0 Å². The van der Waals surface area contributed by atoms with Gasteiger partial charge >= 0.3 is 0 Å². The van der Waals surface area contributed by atoms with Gasteiger partial charge in [-0.2, -0.15) is 0 Å². The Hall–Kier alpha value is -0.610. The molecule has 1 aliphatic carbocycles. The Morgan fingerprint density at radius 1 is 1.19 bits per heavy atom. The molecule has 4 heteroatoms. The zero-order valence-electron chi connectivity index (χ0n) is 9.95. The minimum Gasteiger partial charge on any atom is -0.378 e. The van der Waals surface area contributed by atoms with Crippen LogP contribution in [0.5, 0.6) is 0 Å². The summed E-state index contributed by atoms with van der Waals surface area (Å²) in [7, 11) is 0. The van der Waals surface area contributed by atoms with Gasteiger partial charge in [0.2, 0.25) is 0 Å². The number of hydrogen-bond acceptors (Lipinski definition) is 3. The quantitative estimate of drug-likeness (QED) is 0.333. The molecule has 2 fully saturated rings. The van der Waals surface area contributed by atoms with Crippen molar-refractivity contribution in [3.8, 4) is 0 Å². The predicted octanol–water partition coefficient (Wildman–Crippen LogP) is 1.75. The minimum absolute atomic E-state index is 0.324. The molecule has 0 aromatic heterocycles. The Morgan fingerprint density at radius 3 is 2.56 bits per heavy atom. The third-order valence-corrected chi connectivity index (χ3v) is 3.52. The first kappa shape index (κ1) is 11.9. The lowest BCUT2D eigenvalue weighted by Crippen LogP contribution is -2.35. The van der Waals surface area contributed by atoms with Gasteiger partial charge in [-0.3, -0.25) is 4.99 Å². The first-order valence-electron chi connectivity index (χ1n) is 6.53. The molecule has 2 rings (SSSR count). The molecule has 1 saturated heterocycles. The topological polar surface area (TPSA) is 59.6 Å². The van der Waals surface area contributed by atoms with Crippen molar-refractivity contribution < 1.29 is 4.74 Å². The van der Waals surface area contributed by atoms with E-state index in [2.05, 4.69) is 10.4 Å². The fourth-order valence-corrected chi connectivity index (χ4v) is 2.59. The van der Waals surface area contributed by atoms with Crippen LogP contribution in [0.1, 0.15) is 51.4 Å². The highest BCUT2D eigenvalue weighted by atomic mass is 16.5. The molecular weight excluding hydrogens is 202 g/mol. The van der Waals surface area contributed by atoms with Gasteiger partial charge in [-0.1, -0.05) is 12.8 Å². The molecule has 0 spiro atoms. The summed E-state index contributed by atoms with van der Waals surface area (Å²) in [4.78, 5) is 4.69. The van der Waals surface area contributed by atoms with Crippen LogP contribution in [0.3, 0.4) is 0 Å². The molecule has 92 valence electrons. The second-order valence-corrected chi connectivity index (χ2v) is 4.85. The molecular formula is C12H23N3O. The van der Waals surface area contributed by atoms with Crippen LogP contribution in [-0.2, 0) is 4.74 Å². The fourth-order valence-electron chi connectivity index (χ4n) is 2.59. The third kappa shape index (κ3) is 3.46. The van der Waals surface area contributed by atoms with Gasteiger partial charge in [0.1, 0.15) is 5.84 Å². The second-order valence-electron chi connectivity index (χ2n) is 4.85. The Morgan fingerprint density at radius 2 is 1.94 bits per heavy atom. The summed E-state index contributed by atoms with van der Waals surface area (Å²) in [5.41, 5.74) is 2.75. The zero-order chi connectivity index (χ0) is 11.2. The molecule has 1 saturated carbocycles. The lowest BCUT2D eigenvalue weighted by molar-refractivity contribution is 0.0206. The summed E-state index contributed by atoms with van der Waals surface area (Å²) in [6.45, 7) is 0.895. The van der Waals surface area contributed by atoms with E-state index in [1.165, 1.54) is 38.5 Å². The van der Waals surface area contributed by atoms with E-state index in [0.29, 0.717) is 12.1 Å². The molecule has 1 unspecified atom stereocenters. The Bertz CT molecular complexity index is 230. The summed E-state index contributed by atoms with van der Waals surface area (Å²) < 4.78 is 5.70. The van der Waals surface area contributed by atoms with Crippen molar-refractivity contribution in [3.63, 3.8) is 0 Å². The second kappa shape index (κ2) is 6.21. The summed E-state index contributed by atoms with van der Waals surface area (Å²) in [6.07, 6.45) is 9.85. The van der Waals surface area contributed by atoms with Crippen LogP contribution in [0.2, 0.25) is 0 Å². The van der Waals surface area contributed by atoms with Crippen LogP contribution in [0.15, 0.2) is 4.99 Å². The van der Waals surface area contributed by atoms with Crippen molar-refractivity contribution in [2.45, 2.75) is 63.5 Å². The molecule has 0 aromatic carbocycles. The van der Waals surface area contributed by atoms with Gasteiger partial charge in [0.25, 0.3) is 0 Å². The van der Waals surface area contributed by atoms with Crippen LogP contribution in [-0.4, -0.2) is 24.6 Å². The van der Waals surface area contributed by atoms with Gasteiger partial charge in [-0.05, 0) is 32.1 Å². The molecule has 16 heavy (non-hydrogen) atoms. The van der Waals surface area contributed by atoms with Gasteiger partial charge in [0, 0.05) is 13.0 Å². The number of nitrogens with two attached hydrogens (primary N) is 1. The van der Waals surface area contributed by atoms with E-state index < -0.39 is 0 Å². The van der Waals surface area contributed by atoms with Crippen molar-refractivity contribution in [1.29, 1.82) is 0 Å². The number of amidine groups is 1. The van der Waals surface area contributed by atoms with Gasteiger partial charge in [0.15, 0.2) is 0 Å². The minimum atomic E-state index is 0.324. The highest BCUT2D eigenvalue weighted by molar-refractivity contribution is 5.82. The van der Waals surface area contributed by atoms with Crippen molar-refractivity contribution >= 4 is 5.84 Å². The molecule has 2 aliphatic rings. The lowest BCUT2D eigenvalue weighted by Gasteiger charge is -2.23. The number of hydrazine groups is 1. The van der Waals surface area contributed by atoms with Crippen molar-refractivity contribution in [3.05, 3.63) is 0 Å². The molecule has 1 atom stereocenters. The van der Waals surface area contributed by atoms with Crippen LogP contribution < -0.4 is 11.3 Å². The normalized spacial score (nSPS) is 28.3. The number of hydrogen-bond donors (Lipinski definition) is 2. The van der Waals surface area contributed by atoms with E-state index in [-0.39, 0.29) is 0 Å². The molecule has 1 heterocycles. The lowest BCUT2D eigenvalue weighted by atomic mass is 10.1. The third-order valence-electron chi connectivity index (χ3n) is 3.52. The van der Waals surface area contributed by atoms with Gasteiger partial charge < -0.3 is 10.2 Å². The molecule has 0 bridgehead atoms. The highest BCUT2D eigenvalue weighted by Gasteiger charge is 2.18. The fraction of sp³-hybridized carbons (Fsp3) is 0.917. The summed E-state index contributed by atoms with van der Waals surface area (Å²) in [5, 5.41) is 0. The van der Waals surface area contributed by atoms with Gasteiger partial charge in [-0.15, -0.1) is 0 Å². The first-order valence-corrected chi connectivity index (χ1v) is 6.53. The maximum Gasteiger partial charge on any atom is 0.113 e. The number of rotatable bonds is 3. The Kier molecular flexibility index (Phi) is 4.60. The monoisotopic (exact) mass is 225 g/mol. The molecule has 0 aromatic rings. The summed E-state index contributed by atoms with van der Waals surface area (Å²) >= 11 is 0. The van der Waals surface area contributed by atoms with Crippen molar-refractivity contribution in [1.82, 2.24) is 5.43 Å². The molecule has 3 N–H and O–H groups in total. The van der Waals surface area contributed by atoms with E-state index >= 15 is 0 Å². The standard InChI is InChI=1S/C12H23N3O/c13-15-12(14-10-5-1-2-6-10)9-11-7-3-4-8-16-11/h10-11H,1-9,13H2,(H,14,15). The Balaban J connectivity index is 1.83. The zero-order valence-corrected chi connectivity index (χ0v) is 9.95. The van der Waals surface area contributed by atoms with Crippen LogP contribution in [0.25, 0.3) is 0 Å². The maximum atomic E-state index is 5.70. The smallest absolute Gasteiger partial charge is 0.113 e. The summed E-state index contributed by atoms with van der Waals surface area (Å²) in [5.74, 6) is 6.46. The number of nitrogens with one attached hydrogen (secondary N) is 1. The SMILES string of the molecule is NNC(CC1CCCCO1)=NC1CCCC1. The summed E-state index contributed by atoms with van der Waals surface area (Å²) in [6, 6.07) is 0.495. The number of aliphatic imine (C=N–C) groups is 1. The number of ether oxygens (including phenoxy) is 1.